The van der Waals surface area contributed by atoms with Crippen LogP contribution in [0.1, 0.15) is 44.2 Å². The van der Waals surface area contributed by atoms with Crippen molar-refractivity contribution < 1.29 is 0 Å². The van der Waals surface area contributed by atoms with E-state index in [0.717, 1.165) is 25.6 Å². The van der Waals surface area contributed by atoms with Crippen molar-refractivity contribution in [3.8, 4) is 0 Å². The predicted octanol–water partition coefficient (Wildman–Crippen LogP) is 1.46. The number of piperazine rings is 1. The number of fused-ring (bicyclic) bond motifs is 1. The first-order valence-electron chi connectivity index (χ1n) is 8.52. The van der Waals surface area contributed by atoms with Gasteiger partial charge in [0, 0.05) is 50.5 Å². The Morgan fingerprint density at radius 3 is 3.05 bits per heavy atom. The minimum atomic E-state index is 0.333. The molecule has 1 aromatic rings. The van der Waals surface area contributed by atoms with Crippen molar-refractivity contribution in [3.05, 3.63) is 18.0 Å². The maximum atomic E-state index is 6.09. The largest absolute Gasteiger partial charge is 0.329 e. The van der Waals surface area contributed by atoms with Crippen LogP contribution in [0.3, 0.4) is 0 Å². The van der Waals surface area contributed by atoms with E-state index >= 15 is 0 Å². The van der Waals surface area contributed by atoms with Crippen molar-refractivity contribution in [3.63, 3.8) is 0 Å². The molecule has 1 aromatic heterocycles. The molecule has 2 unspecified atom stereocenters. The van der Waals surface area contributed by atoms with E-state index in [1.165, 1.54) is 44.5 Å². The molecular weight excluding hydrogens is 262 g/mol. The lowest BCUT2D eigenvalue weighted by Crippen LogP contribution is -2.56. The molecule has 0 saturated carbocycles. The van der Waals surface area contributed by atoms with E-state index < -0.39 is 0 Å². The van der Waals surface area contributed by atoms with Crippen LogP contribution in [0.4, 0.5) is 0 Å². The molecule has 3 heterocycles. The molecule has 118 valence electrons. The molecule has 3 rings (SSSR count). The average Bonchev–Trinajstić information content (AvgIpc) is 2.97. The fourth-order valence-electron chi connectivity index (χ4n) is 3.86. The van der Waals surface area contributed by atoms with Gasteiger partial charge >= 0.3 is 0 Å². The third-order valence-corrected chi connectivity index (χ3v) is 5.02. The molecule has 2 aliphatic rings. The van der Waals surface area contributed by atoms with Gasteiger partial charge in [-0.05, 0) is 25.8 Å². The molecule has 0 radical (unpaired) electrons. The van der Waals surface area contributed by atoms with Crippen LogP contribution < -0.4 is 5.73 Å². The zero-order chi connectivity index (χ0) is 14.7. The quantitative estimate of drug-likeness (QED) is 0.892. The van der Waals surface area contributed by atoms with Gasteiger partial charge in [0.1, 0.15) is 0 Å². The molecule has 21 heavy (non-hydrogen) atoms. The molecule has 0 spiro atoms. The van der Waals surface area contributed by atoms with Crippen LogP contribution in [0.5, 0.6) is 0 Å². The summed E-state index contributed by atoms with van der Waals surface area (Å²) in [5.74, 6) is 0. The molecule has 2 N–H and O–H groups in total. The summed E-state index contributed by atoms with van der Waals surface area (Å²) in [5, 5.41) is 4.48. The smallest absolute Gasteiger partial charge is 0.0538 e. The van der Waals surface area contributed by atoms with Crippen LogP contribution >= 0.6 is 0 Å². The number of aromatic nitrogens is 2. The highest BCUT2D eigenvalue weighted by atomic mass is 15.3. The maximum Gasteiger partial charge on any atom is 0.0538 e. The van der Waals surface area contributed by atoms with E-state index in [1.54, 1.807) is 0 Å². The highest BCUT2D eigenvalue weighted by Gasteiger charge is 2.32. The lowest BCUT2D eigenvalue weighted by atomic mass is 9.97. The number of hydrogen-bond acceptors (Lipinski definition) is 4. The minimum absolute atomic E-state index is 0.333. The van der Waals surface area contributed by atoms with Gasteiger partial charge in [-0.2, -0.15) is 5.10 Å². The summed E-state index contributed by atoms with van der Waals surface area (Å²) in [6.45, 7) is 8.66. The van der Waals surface area contributed by atoms with Crippen molar-refractivity contribution in [1.29, 1.82) is 0 Å². The Bertz CT molecular complexity index is 444. The van der Waals surface area contributed by atoms with Crippen LogP contribution in [0, 0.1) is 0 Å². The summed E-state index contributed by atoms with van der Waals surface area (Å²) in [7, 11) is 0. The molecule has 0 aromatic carbocycles. The Hall–Kier alpha value is -0.910. The Balaban J connectivity index is 1.67. The van der Waals surface area contributed by atoms with Gasteiger partial charge in [0.05, 0.1) is 12.2 Å². The molecular formula is C16H29N5. The standard InChI is InChI=1S/C16H29N5/c1-2-6-21-12-14(11-18-21)16(10-17)20-9-8-19-7-4-3-5-15(19)13-20/h11-12,15-16H,2-10,13,17H2,1H3. The molecule has 2 aliphatic heterocycles. The van der Waals surface area contributed by atoms with Gasteiger partial charge in [-0.15, -0.1) is 0 Å². The lowest BCUT2D eigenvalue weighted by Gasteiger charge is -2.46. The minimum Gasteiger partial charge on any atom is -0.329 e. The third-order valence-electron chi connectivity index (χ3n) is 5.02. The Morgan fingerprint density at radius 1 is 1.33 bits per heavy atom. The number of hydrogen-bond donors (Lipinski definition) is 1. The van der Waals surface area contributed by atoms with E-state index in [1.807, 2.05) is 6.20 Å². The molecule has 5 nitrogen and oxygen atoms in total. The first-order valence-corrected chi connectivity index (χ1v) is 8.52. The summed E-state index contributed by atoms with van der Waals surface area (Å²) in [6, 6.07) is 1.08. The van der Waals surface area contributed by atoms with Gasteiger partial charge in [-0.25, -0.2) is 0 Å². The van der Waals surface area contributed by atoms with Crippen molar-refractivity contribution in [1.82, 2.24) is 19.6 Å². The van der Waals surface area contributed by atoms with Crippen LogP contribution in [0.2, 0.25) is 0 Å². The fourth-order valence-corrected chi connectivity index (χ4v) is 3.86. The van der Waals surface area contributed by atoms with Crippen LogP contribution in [0.15, 0.2) is 12.4 Å². The normalized spacial score (nSPS) is 25.7. The molecule has 2 atom stereocenters. The lowest BCUT2D eigenvalue weighted by molar-refractivity contribution is 0.0286. The summed E-state index contributed by atoms with van der Waals surface area (Å²) in [4.78, 5) is 5.26. The van der Waals surface area contributed by atoms with Gasteiger partial charge in [-0.1, -0.05) is 13.3 Å². The van der Waals surface area contributed by atoms with Gasteiger partial charge in [0.15, 0.2) is 0 Å². The summed E-state index contributed by atoms with van der Waals surface area (Å²) in [5.41, 5.74) is 7.38. The Kier molecular flexibility index (Phi) is 4.93. The van der Waals surface area contributed by atoms with Crippen LogP contribution in [0.25, 0.3) is 0 Å². The molecule has 0 amide bonds. The molecule has 2 fully saturated rings. The highest BCUT2D eigenvalue weighted by Crippen LogP contribution is 2.27. The molecule has 0 bridgehead atoms. The first kappa shape index (κ1) is 15.0. The number of nitrogens with two attached hydrogens (primary N) is 1. The second kappa shape index (κ2) is 6.90. The average molecular weight is 291 g/mol. The fraction of sp³-hybridized carbons (Fsp3) is 0.812. The monoisotopic (exact) mass is 291 g/mol. The third kappa shape index (κ3) is 3.30. The Labute approximate surface area is 128 Å². The van der Waals surface area contributed by atoms with Gasteiger partial charge in [0.25, 0.3) is 0 Å². The number of piperidine rings is 1. The van der Waals surface area contributed by atoms with Crippen LogP contribution in [-0.4, -0.2) is 58.3 Å². The van der Waals surface area contributed by atoms with E-state index in [4.69, 9.17) is 5.73 Å². The van der Waals surface area contributed by atoms with Crippen molar-refractivity contribution >= 4 is 0 Å². The molecule has 2 saturated heterocycles. The molecule has 5 heteroatoms. The predicted molar refractivity (Wildman–Crippen MR) is 85.1 cm³/mol. The van der Waals surface area contributed by atoms with Crippen molar-refractivity contribution in [2.45, 2.75) is 51.2 Å². The van der Waals surface area contributed by atoms with E-state index in [2.05, 4.69) is 32.7 Å². The Morgan fingerprint density at radius 2 is 2.24 bits per heavy atom. The van der Waals surface area contributed by atoms with Gasteiger partial charge in [-0.3, -0.25) is 14.5 Å². The van der Waals surface area contributed by atoms with Gasteiger partial charge < -0.3 is 5.73 Å². The van der Waals surface area contributed by atoms with E-state index in [-0.39, 0.29) is 0 Å². The molecule has 0 aliphatic carbocycles. The zero-order valence-electron chi connectivity index (χ0n) is 13.2. The summed E-state index contributed by atoms with van der Waals surface area (Å²) in [6.07, 6.45) is 9.43. The summed E-state index contributed by atoms with van der Waals surface area (Å²) >= 11 is 0. The zero-order valence-corrected chi connectivity index (χ0v) is 13.2. The van der Waals surface area contributed by atoms with E-state index in [0.29, 0.717) is 12.6 Å². The van der Waals surface area contributed by atoms with E-state index in [9.17, 15) is 0 Å². The van der Waals surface area contributed by atoms with Crippen molar-refractivity contribution in [2.24, 2.45) is 5.73 Å². The number of nitrogens with zero attached hydrogens (tertiary/aromatic N) is 4. The van der Waals surface area contributed by atoms with Crippen LogP contribution in [-0.2, 0) is 6.54 Å². The van der Waals surface area contributed by atoms with Crippen molar-refractivity contribution in [2.75, 3.05) is 32.7 Å². The first-order chi connectivity index (χ1) is 10.3. The number of aryl methyl sites for hydroxylation is 1. The highest BCUT2D eigenvalue weighted by molar-refractivity contribution is 5.12. The second-order valence-corrected chi connectivity index (χ2v) is 6.47. The topological polar surface area (TPSA) is 50.3 Å². The number of rotatable bonds is 5. The van der Waals surface area contributed by atoms with Gasteiger partial charge in [0.2, 0.25) is 0 Å². The maximum absolute atomic E-state index is 6.09. The summed E-state index contributed by atoms with van der Waals surface area (Å²) < 4.78 is 2.05. The second-order valence-electron chi connectivity index (χ2n) is 6.47. The SMILES string of the molecule is CCCn1cc(C(CN)N2CCN3CCCCC3C2)cn1.